The summed E-state index contributed by atoms with van der Waals surface area (Å²) in [5.74, 6) is -7.73. The minimum atomic E-state index is -1.11. The van der Waals surface area contributed by atoms with Gasteiger partial charge in [0, 0.05) is 160 Å². The molecule has 16 atom stereocenters. The molecule has 4 rings (SSSR count). The number of carbonyl (C=O) groups excluding carboxylic acids is 17. The summed E-state index contributed by atoms with van der Waals surface area (Å²) in [6.45, 7) is 17.1. The highest BCUT2D eigenvalue weighted by Crippen LogP contribution is 2.33. The van der Waals surface area contributed by atoms with Gasteiger partial charge in [-0.1, -0.05) is 83.2 Å². The van der Waals surface area contributed by atoms with Crippen LogP contribution in [-0.2, 0) is 150 Å². The van der Waals surface area contributed by atoms with E-state index < -0.39 is 176 Å². The fraction of sp³-hybridized carbons (Fsp3) is 0.744. The SMILES string of the molecule is CCC1OC(OCCCCCC(=O)NCCCCC(=O)CN(CC(=O)NCCCNC(=O)CCCCCOC2OC(CC)C(OC(C)=O)C(OC(C)=O)C2NC(C)=O)C(CCCCCC(=O)CCCC(=O)OCc2ccccc2)C(=O)NCCCNC(=O)CCCCCOC2OC(CC)C(OC(C)=O)C(OC(C)=O)C2NC(C)=O)C(NC(C)=O)C(OC(C)=O)C1OC(C)=O. The Kier molecular flexibility index (Phi) is 54.8. The van der Waals surface area contributed by atoms with Crippen LogP contribution in [0.15, 0.2) is 30.3 Å². The van der Waals surface area contributed by atoms with E-state index in [-0.39, 0.29) is 146 Å². The van der Waals surface area contributed by atoms with Crippen LogP contribution in [0.3, 0.4) is 0 Å². The van der Waals surface area contributed by atoms with Crippen LogP contribution in [0, 0.1) is 0 Å². The van der Waals surface area contributed by atoms with Crippen molar-refractivity contribution >= 4 is 101 Å². The smallest absolute Gasteiger partial charge is 0.306 e. The molecule has 129 heavy (non-hydrogen) atoms. The summed E-state index contributed by atoms with van der Waals surface area (Å²) in [6.07, 6.45) is -1.86. The predicted octanol–water partition coefficient (Wildman–Crippen LogP) is 5.43. The topological polar surface area (TPSA) is 510 Å². The zero-order valence-corrected chi connectivity index (χ0v) is 77.4. The van der Waals surface area contributed by atoms with E-state index in [9.17, 15) is 81.5 Å². The molecule has 3 aliphatic heterocycles. The van der Waals surface area contributed by atoms with Crippen LogP contribution in [0.4, 0.5) is 0 Å². The summed E-state index contributed by atoms with van der Waals surface area (Å²) in [5, 5.41) is 22.6. The molecule has 3 heterocycles. The Labute approximate surface area is 756 Å². The summed E-state index contributed by atoms with van der Waals surface area (Å²) in [6, 6.07) is 5.15. The standard InChI is InChI=1S/C90H143N9O30/c1-13-70-81(121-60(7)103)84(124-63(10)106)78(96-57(4)100)88(127-70)117-51-30-18-25-42-73(111)91-46-29-28-39-68(110)54-99(55-76(114)94-49-34-47-92-74(112)43-26-19-31-52-118-89-79(97-58(5)101)85(125-64(11)107)82(122-61(8)104)71(14-2)128-89)69(41-24-17-23-38-67(109)40-33-45-77(115)120-56-66-36-21-16-22-37-66)87(116)95-50-35-48-93-75(113)44-27-20-32-53-119-90-80(98-59(6)102)86(126-65(12)108)83(123-62(9)105)72(15-3)129-90/h16,21-22,36-37,69-72,78-86,88-90H,13-15,17-20,23-35,38-56H2,1-12H3,(H,91,111)(H,92,112)(H,93,113)(H,94,114)(H,95,116)(H,96,100)(H,97,101)(H,98,102). The number of Topliss-reactive ketones (excluding diaryl/α,β-unsaturated/α-hetero) is 2. The zero-order valence-electron chi connectivity index (χ0n) is 77.4. The predicted molar refractivity (Wildman–Crippen MR) is 463 cm³/mol. The molecule has 0 radical (unpaired) electrons. The van der Waals surface area contributed by atoms with E-state index in [2.05, 4.69) is 42.5 Å². The van der Waals surface area contributed by atoms with Crippen molar-refractivity contribution in [3.05, 3.63) is 35.9 Å². The Morgan fingerprint density at radius 2 is 0.674 bits per heavy atom. The molecule has 1 aromatic rings. The lowest BCUT2D eigenvalue weighted by Gasteiger charge is -2.45. The lowest BCUT2D eigenvalue weighted by molar-refractivity contribution is -0.272. The molecule has 728 valence electrons. The van der Waals surface area contributed by atoms with E-state index in [1.165, 1.54) is 67.2 Å². The van der Waals surface area contributed by atoms with E-state index in [1.807, 2.05) is 30.3 Å². The van der Waals surface area contributed by atoms with Crippen LogP contribution < -0.4 is 42.5 Å². The number of rotatable bonds is 64. The van der Waals surface area contributed by atoms with Crippen molar-refractivity contribution < 1.29 is 143 Å². The number of nitrogens with one attached hydrogen (secondary N) is 8. The van der Waals surface area contributed by atoms with Gasteiger partial charge < -0.3 is 104 Å². The van der Waals surface area contributed by atoms with Crippen molar-refractivity contribution in [2.75, 3.05) is 65.6 Å². The van der Waals surface area contributed by atoms with Crippen molar-refractivity contribution in [1.29, 1.82) is 0 Å². The third-order valence-electron chi connectivity index (χ3n) is 21.2. The third kappa shape index (κ3) is 46.1. The van der Waals surface area contributed by atoms with Gasteiger partial charge in [0.25, 0.3) is 0 Å². The molecule has 0 saturated carbocycles. The summed E-state index contributed by atoms with van der Waals surface area (Å²) in [7, 11) is 0. The molecule has 0 aromatic heterocycles. The maximum Gasteiger partial charge on any atom is 0.306 e. The number of benzene rings is 1. The Balaban J connectivity index is 1.39. The first kappa shape index (κ1) is 112. The number of esters is 7. The molecule has 8 N–H and O–H groups in total. The van der Waals surface area contributed by atoms with Gasteiger partial charge in [0.15, 0.2) is 55.5 Å². The lowest BCUT2D eigenvalue weighted by atomic mass is 9.94. The Hall–Kier alpha value is -9.67. The van der Waals surface area contributed by atoms with E-state index >= 15 is 0 Å². The van der Waals surface area contributed by atoms with E-state index in [1.54, 1.807) is 20.8 Å². The first-order valence-electron chi connectivity index (χ1n) is 45.6. The molecule has 3 aliphatic rings. The average Bonchev–Trinajstić information content (AvgIpc) is 0.795. The first-order valence-corrected chi connectivity index (χ1v) is 45.6. The molecule has 3 fully saturated rings. The first-order chi connectivity index (χ1) is 61.6. The molecular formula is C90H143N9O30. The van der Waals surface area contributed by atoms with Crippen LogP contribution in [0.2, 0.25) is 0 Å². The van der Waals surface area contributed by atoms with Crippen LogP contribution in [0.1, 0.15) is 268 Å². The van der Waals surface area contributed by atoms with Crippen molar-refractivity contribution in [2.45, 2.75) is 367 Å². The molecule has 0 aliphatic carbocycles. The van der Waals surface area contributed by atoms with Crippen LogP contribution in [0.25, 0.3) is 0 Å². The molecule has 39 nitrogen and oxygen atoms in total. The minimum absolute atomic E-state index is 0.0268. The maximum absolute atomic E-state index is 14.6. The van der Waals surface area contributed by atoms with Gasteiger partial charge >= 0.3 is 41.8 Å². The summed E-state index contributed by atoms with van der Waals surface area (Å²) in [5.41, 5.74) is 0.837. The second kappa shape index (κ2) is 63.4. The monoisotopic (exact) mass is 1830 g/mol. The number of hydrogen-bond donors (Lipinski definition) is 8. The third-order valence-corrected chi connectivity index (χ3v) is 21.2. The molecule has 8 amide bonds. The fourth-order valence-corrected chi connectivity index (χ4v) is 15.2. The van der Waals surface area contributed by atoms with Gasteiger partial charge in [0.2, 0.25) is 47.3 Å². The Morgan fingerprint density at radius 3 is 1.05 bits per heavy atom. The van der Waals surface area contributed by atoms with E-state index in [0.29, 0.717) is 128 Å². The zero-order chi connectivity index (χ0) is 95.2. The van der Waals surface area contributed by atoms with Crippen molar-refractivity contribution in [3.63, 3.8) is 0 Å². The molecule has 0 spiro atoms. The number of nitrogens with zero attached hydrogens (tertiary/aromatic N) is 1. The number of hydrogen-bond acceptors (Lipinski definition) is 31. The average molecular weight is 1830 g/mol. The van der Waals surface area contributed by atoms with Gasteiger partial charge in [0.1, 0.15) is 54.6 Å². The molecule has 39 heteroatoms. The lowest BCUT2D eigenvalue weighted by Crippen LogP contribution is -2.65. The Bertz CT molecular complexity index is 3560. The number of amides is 8. The largest absolute Gasteiger partial charge is 0.461 e. The highest BCUT2D eigenvalue weighted by molar-refractivity contribution is 5.87. The number of ketones is 2. The summed E-state index contributed by atoms with van der Waals surface area (Å²) >= 11 is 0. The Morgan fingerprint density at radius 1 is 0.341 bits per heavy atom. The van der Waals surface area contributed by atoms with Gasteiger partial charge in [-0.3, -0.25) is 86.4 Å². The summed E-state index contributed by atoms with van der Waals surface area (Å²) in [4.78, 5) is 219. The van der Waals surface area contributed by atoms with Crippen molar-refractivity contribution in [2.24, 2.45) is 0 Å². The van der Waals surface area contributed by atoms with E-state index in [0.717, 1.165) is 5.56 Å². The molecule has 16 unspecified atom stereocenters. The second-order valence-electron chi connectivity index (χ2n) is 32.5. The van der Waals surface area contributed by atoms with Crippen LogP contribution in [-0.4, -0.2) is 269 Å². The van der Waals surface area contributed by atoms with E-state index in [4.69, 9.17) is 61.6 Å². The quantitative estimate of drug-likeness (QED) is 0.0229. The van der Waals surface area contributed by atoms with Gasteiger partial charge in [-0.15, -0.1) is 0 Å². The highest BCUT2D eigenvalue weighted by Gasteiger charge is 2.53. The normalized spacial score (nSPS) is 21.9. The van der Waals surface area contributed by atoms with Crippen LogP contribution >= 0.6 is 0 Å². The number of unbranched alkanes of at least 4 members (excludes halogenated alkanes) is 9. The van der Waals surface area contributed by atoms with Crippen molar-refractivity contribution in [1.82, 2.24) is 47.4 Å². The molecule has 0 bridgehead atoms. The number of ether oxygens (including phenoxy) is 13. The van der Waals surface area contributed by atoms with Gasteiger partial charge in [-0.25, -0.2) is 0 Å². The van der Waals surface area contributed by atoms with Gasteiger partial charge in [0.05, 0.1) is 19.1 Å². The summed E-state index contributed by atoms with van der Waals surface area (Å²) < 4.78 is 75.2. The van der Waals surface area contributed by atoms with Crippen molar-refractivity contribution in [3.8, 4) is 0 Å². The van der Waals surface area contributed by atoms with Gasteiger partial charge in [-0.2, -0.15) is 0 Å². The minimum Gasteiger partial charge on any atom is -0.461 e. The molecule has 1 aromatic carbocycles. The molecular weight excluding hydrogens is 1690 g/mol. The second-order valence-corrected chi connectivity index (χ2v) is 32.5. The molecule has 3 saturated heterocycles. The maximum atomic E-state index is 14.6. The van der Waals surface area contributed by atoms with Crippen LogP contribution in [0.5, 0.6) is 0 Å². The van der Waals surface area contributed by atoms with Gasteiger partial charge in [-0.05, 0) is 108 Å². The highest BCUT2D eigenvalue weighted by atomic mass is 16.7. The fourth-order valence-electron chi connectivity index (χ4n) is 15.2. The number of carbonyl (C=O) groups is 17.